The average Bonchev–Trinajstić information content (AvgIpc) is 2.88. The second-order valence-electron chi connectivity index (χ2n) is 6.71. The van der Waals surface area contributed by atoms with Crippen LogP contribution in [-0.2, 0) is 26.1 Å². The monoisotopic (exact) mass is 342 g/mol. The number of carbonyl (C=O) groups is 1. The van der Waals surface area contributed by atoms with Crippen molar-refractivity contribution in [1.29, 1.82) is 0 Å². The number of carbonyl (C=O) groups excluding carboxylic acids is 1. The van der Waals surface area contributed by atoms with Gasteiger partial charge in [-0.2, -0.15) is 4.31 Å². The van der Waals surface area contributed by atoms with Gasteiger partial charge < -0.3 is 14.6 Å². The van der Waals surface area contributed by atoms with Crippen molar-refractivity contribution in [3.05, 3.63) is 12.5 Å². The van der Waals surface area contributed by atoms with Gasteiger partial charge in [0.15, 0.2) is 5.03 Å². The number of piperazine rings is 1. The van der Waals surface area contributed by atoms with Gasteiger partial charge in [-0.3, -0.25) is 4.79 Å². The van der Waals surface area contributed by atoms with E-state index in [1.165, 1.54) is 16.8 Å². The Morgan fingerprint density at radius 2 is 2.17 bits per heavy atom. The molecule has 1 aromatic rings. The molecule has 0 radical (unpaired) electrons. The third-order valence-electron chi connectivity index (χ3n) is 4.24. The summed E-state index contributed by atoms with van der Waals surface area (Å²) in [5, 5.41) is 2.74. The normalized spacial score (nSPS) is 24.7. The third kappa shape index (κ3) is 2.66. The number of imidazole rings is 1. The van der Waals surface area contributed by atoms with Gasteiger partial charge in [-0.05, 0) is 12.8 Å². The predicted molar refractivity (Wildman–Crippen MR) is 82.1 cm³/mol. The van der Waals surface area contributed by atoms with E-state index < -0.39 is 21.6 Å². The lowest BCUT2D eigenvalue weighted by Gasteiger charge is -2.52. The number of sulfonamides is 1. The summed E-state index contributed by atoms with van der Waals surface area (Å²) in [5.41, 5.74) is -0.700. The van der Waals surface area contributed by atoms with E-state index in [2.05, 4.69) is 10.3 Å². The Kier molecular flexibility index (Phi) is 3.97. The maximum atomic E-state index is 13.1. The Morgan fingerprint density at radius 3 is 2.74 bits per heavy atom. The van der Waals surface area contributed by atoms with E-state index in [0.717, 1.165) is 0 Å². The van der Waals surface area contributed by atoms with Crippen LogP contribution in [0.25, 0.3) is 0 Å². The molecule has 1 spiro atoms. The molecule has 0 bridgehead atoms. The highest BCUT2D eigenvalue weighted by Crippen LogP contribution is 2.34. The number of aromatic nitrogens is 2. The maximum Gasteiger partial charge on any atom is 0.263 e. The van der Waals surface area contributed by atoms with Crippen molar-refractivity contribution in [1.82, 2.24) is 19.2 Å². The van der Waals surface area contributed by atoms with Gasteiger partial charge in [-0.15, -0.1) is 0 Å². The molecule has 2 aliphatic rings. The smallest absolute Gasteiger partial charge is 0.263 e. The molecule has 1 atom stereocenters. The fourth-order valence-corrected chi connectivity index (χ4v) is 4.96. The van der Waals surface area contributed by atoms with Gasteiger partial charge in [-0.1, -0.05) is 13.8 Å². The number of amides is 1. The van der Waals surface area contributed by atoms with Gasteiger partial charge >= 0.3 is 0 Å². The predicted octanol–water partition coefficient (Wildman–Crippen LogP) is -0.183. The molecule has 3 rings (SSSR count). The number of rotatable bonds is 4. The summed E-state index contributed by atoms with van der Waals surface area (Å²) >= 11 is 0. The van der Waals surface area contributed by atoms with E-state index in [1.807, 2.05) is 13.8 Å². The Morgan fingerprint density at radius 1 is 1.48 bits per heavy atom. The molecular weight excluding hydrogens is 320 g/mol. The minimum atomic E-state index is -3.87. The van der Waals surface area contributed by atoms with Crippen LogP contribution in [0.3, 0.4) is 0 Å². The van der Waals surface area contributed by atoms with E-state index in [0.29, 0.717) is 12.5 Å². The number of hydrogen-bond acceptors (Lipinski definition) is 5. The van der Waals surface area contributed by atoms with Crippen LogP contribution < -0.4 is 5.32 Å². The highest BCUT2D eigenvalue weighted by Gasteiger charge is 2.56. The van der Waals surface area contributed by atoms with E-state index in [-0.39, 0.29) is 30.7 Å². The molecule has 2 fully saturated rings. The largest absolute Gasteiger partial charge is 0.377 e. The second-order valence-corrected chi connectivity index (χ2v) is 8.48. The first-order chi connectivity index (χ1) is 10.8. The molecule has 1 N–H and O–H groups in total. The number of ether oxygens (including phenoxy) is 1. The van der Waals surface area contributed by atoms with Crippen molar-refractivity contribution in [2.24, 2.45) is 5.92 Å². The minimum absolute atomic E-state index is 0.0222. The van der Waals surface area contributed by atoms with Crippen molar-refractivity contribution in [3.63, 3.8) is 0 Å². The van der Waals surface area contributed by atoms with Crippen LogP contribution in [0.2, 0.25) is 0 Å². The number of nitrogens with zero attached hydrogens (tertiary/aromatic N) is 3. The molecule has 2 saturated heterocycles. The molecule has 2 aliphatic heterocycles. The van der Waals surface area contributed by atoms with Crippen molar-refractivity contribution >= 4 is 15.9 Å². The second kappa shape index (κ2) is 5.57. The fraction of sp³-hybridized carbons (Fsp3) is 0.714. The van der Waals surface area contributed by atoms with Gasteiger partial charge in [0.2, 0.25) is 5.91 Å². The summed E-state index contributed by atoms with van der Waals surface area (Å²) in [5.74, 6) is 0.0820. The number of nitrogens with one attached hydrogen (secondary N) is 1. The summed E-state index contributed by atoms with van der Waals surface area (Å²) in [6, 6.07) is -0.784. The molecule has 128 valence electrons. The quantitative estimate of drug-likeness (QED) is 0.819. The average molecular weight is 342 g/mol. The van der Waals surface area contributed by atoms with Crippen LogP contribution in [0.1, 0.15) is 20.8 Å². The molecule has 8 nitrogen and oxygen atoms in total. The van der Waals surface area contributed by atoms with Crippen molar-refractivity contribution in [3.8, 4) is 0 Å². The summed E-state index contributed by atoms with van der Waals surface area (Å²) < 4.78 is 34.4. The molecule has 23 heavy (non-hydrogen) atoms. The van der Waals surface area contributed by atoms with Gasteiger partial charge in [0.1, 0.15) is 11.6 Å². The zero-order valence-corrected chi connectivity index (χ0v) is 14.3. The van der Waals surface area contributed by atoms with E-state index in [1.54, 1.807) is 11.5 Å². The molecule has 9 heteroatoms. The van der Waals surface area contributed by atoms with Gasteiger partial charge in [0.05, 0.1) is 19.5 Å². The fourth-order valence-electron chi connectivity index (χ4n) is 3.12. The zero-order valence-electron chi connectivity index (χ0n) is 13.5. The van der Waals surface area contributed by atoms with E-state index in [4.69, 9.17) is 4.74 Å². The Labute approximate surface area is 135 Å². The first-order valence-electron chi connectivity index (χ1n) is 7.68. The molecule has 1 amide bonds. The summed E-state index contributed by atoms with van der Waals surface area (Å²) in [6.07, 6.45) is 3.05. The standard InChI is InChI=1S/C14H22N4O4S/c1-10(2)4-17-5-12(16-9-17)23(20,21)18-11(3)13(19)15-6-14(18)7-22-8-14/h5,9-11H,4,6-8H2,1-3H3,(H,15,19)/t11-/m0/s1. The molecule has 0 saturated carbocycles. The molecular formula is C14H22N4O4S. The van der Waals surface area contributed by atoms with Crippen molar-refractivity contribution < 1.29 is 17.9 Å². The van der Waals surface area contributed by atoms with Gasteiger partial charge in [-0.25, -0.2) is 13.4 Å². The van der Waals surface area contributed by atoms with Crippen molar-refractivity contribution in [2.75, 3.05) is 19.8 Å². The highest BCUT2D eigenvalue weighted by atomic mass is 32.2. The first-order valence-corrected chi connectivity index (χ1v) is 9.12. The summed E-state index contributed by atoms with van der Waals surface area (Å²) in [7, 11) is -3.87. The van der Waals surface area contributed by atoms with Crippen LogP contribution in [-0.4, -0.2) is 59.5 Å². The molecule has 3 heterocycles. The lowest BCUT2D eigenvalue weighted by Crippen LogP contribution is -2.75. The van der Waals surface area contributed by atoms with E-state index >= 15 is 0 Å². The van der Waals surface area contributed by atoms with Crippen molar-refractivity contribution in [2.45, 2.75) is 43.9 Å². The molecule has 0 aromatic carbocycles. The van der Waals surface area contributed by atoms with Gasteiger partial charge in [0.25, 0.3) is 10.0 Å². The summed E-state index contributed by atoms with van der Waals surface area (Å²) in [6.45, 7) is 7.21. The summed E-state index contributed by atoms with van der Waals surface area (Å²) in [4.78, 5) is 16.0. The first kappa shape index (κ1) is 16.4. The van der Waals surface area contributed by atoms with Gasteiger partial charge in [0, 0.05) is 19.3 Å². The Bertz CT molecular complexity index is 708. The van der Waals surface area contributed by atoms with Crippen LogP contribution in [0, 0.1) is 5.92 Å². The molecule has 0 aliphatic carbocycles. The van der Waals surface area contributed by atoms with Crippen LogP contribution in [0.15, 0.2) is 17.6 Å². The lowest BCUT2D eigenvalue weighted by molar-refractivity contribution is -0.153. The zero-order chi connectivity index (χ0) is 16.8. The SMILES string of the molecule is CC(C)Cn1cnc(S(=O)(=O)N2[C@@H](C)C(=O)NCC23COC3)c1. The Balaban J connectivity index is 1.96. The molecule has 0 unspecified atom stereocenters. The van der Waals surface area contributed by atoms with Crippen LogP contribution in [0.4, 0.5) is 0 Å². The minimum Gasteiger partial charge on any atom is -0.377 e. The van der Waals surface area contributed by atoms with Crippen LogP contribution >= 0.6 is 0 Å². The molecule has 1 aromatic heterocycles. The lowest BCUT2D eigenvalue weighted by atomic mass is 9.93. The Hall–Kier alpha value is -1.45. The highest BCUT2D eigenvalue weighted by molar-refractivity contribution is 7.89. The maximum absolute atomic E-state index is 13.1. The topological polar surface area (TPSA) is 93.5 Å². The van der Waals surface area contributed by atoms with E-state index in [9.17, 15) is 13.2 Å². The van der Waals surface area contributed by atoms with Crippen LogP contribution in [0.5, 0.6) is 0 Å². The number of hydrogen-bond donors (Lipinski definition) is 1. The third-order valence-corrected chi connectivity index (χ3v) is 6.20.